The average Bonchev–Trinajstić information content (AvgIpc) is 2.21. The van der Waals surface area contributed by atoms with Gasteiger partial charge in [-0.3, -0.25) is 9.97 Å². The van der Waals surface area contributed by atoms with Crippen LogP contribution in [0.1, 0.15) is 0 Å². The zero-order chi connectivity index (χ0) is 8.23. The molecule has 0 unspecified atom stereocenters. The van der Waals surface area contributed by atoms with Crippen molar-refractivity contribution in [1.29, 1.82) is 0 Å². The van der Waals surface area contributed by atoms with E-state index in [2.05, 4.69) is 9.97 Å². The monoisotopic (exact) mass is 351 g/mol. The molecule has 0 bridgehead atoms. The van der Waals surface area contributed by atoms with Crippen LogP contribution in [0.5, 0.6) is 0 Å². The smallest absolute Gasteiger partial charge is 0.0273 e. The molecule has 2 nitrogen and oxygen atoms in total. The van der Waals surface area contributed by atoms with Crippen LogP contribution in [0.4, 0.5) is 0 Å². The van der Waals surface area contributed by atoms with Crippen molar-refractivity contribution in [2.24, 2.45) is 0 Å². The van der Waals surface area contributed by atoms with E-state index in [0.29, 0.717) is 0 Å². The first-order valence-corrected chi connectivity index (χ1v) is 3.77. The van der Waals surface area contributed by atoms with E-state index in [4.69, 9.17) is 0 Å². The molecule has 3 heteroatoms. The maximum Gasteiger partial charge on any atom is 0.0273 e. The molecular weight excluding hydrogens is 343 g/mol. The zero-order valence-corrected chi connectivity index (χ0v) is 9.10. The van der Waals surface area contributed by atoms with Crippen molar-refractivity contribution in [2.45, 2.75) is 0 Å². The van der Waals surface area contributed by atoms with Gasteiger partial charge < -0.3 is 0 Å². The minimum atomic E-state index is 0. The number of nitrogens with zero attached hydrogens (tertiary/aromatic N) is 2. The van der Waals surface area contributed by atoms with E-state index in [-0.39, 0.29) is 21.1 Å². The van der Waals surface area contributed by atoms with Crippen molar-refractivity contribution in [3.05, 3.63) is 49.1 Å². The maximum atomic E-state index is 3.96. The second kappa shape index (κ2) is 4.88. The van der Waals surface area contributed by atoms with Gasteiger partial charge in [-0.05, 0) is 35.4 Å². The summed E-state index contributed by atoms with van der Waals surface area (Å²) in [7, 11) is 0. The van der Waals surface area contributed by atoms with E-state index in [1.165, 1.54) is 11.1 Å². The largest absolute Gasteiger partial charge is 0.265 e. The van der Waals surface area contributed by atoms with E-state index in [0.717, 1.165) is 0 Å². The van der Waals surface area contributed by atoms with Crippen molar-refractivity contribution in [2.75, 3.05) is 0 Å². The number of pyridine rings is 2. The van der Waals surface area contributed by atoms with Crippen LogP contribution >= 0.6 is 0 Å². The predicted octanol–water partition coefficient (Wildman–Crippen LogP) is 2.14. The van der Waals surface area contributed by atoms with E-state index < -0.39 is 0 Å². The van der Waals surface area contributed by atoms with Gasteiger partial charge in [-0.2, -0.15) is 0 Å². The molecule has 0 amide bonds. The summed E-state index contributed by atoms with van der Waals surface area (Å²) in [5.74, 6) is 0. The van der Waals surface area contributed by atoms with Crippen LogP contribution < -0.4 is 0 Å². The topological polar surface area (TPSA) is 25.8 Å². The summed E-state index contributed by atoms with van der Waals surface area (Å²) in [6, 6.07) is 7.93. The molecule has 0 aliphatic rings. The van der Waals surface area contributed by atoms with Gasteiger partial charge in [-0.15, -0.1) is 0 Å². The van der Waals surface area contributed by atoms with Crippen LogP contribution in [0.2, 0.25) is 0 Å². The molecule has 13 heavy (non-hydrogen) atoms. The number of aromatic nitrogens is 2. The molecular formula is C10H8N2Pt. The average molecular weight is 351 g/mol. The Bertz CT molecular complexity index is 310. The van der Waals surface area contributed by atoms with Gasteiger partial charge in [0.2, 0.25) is 0 Å². The third-order valence-corrected chi connectivity index (χ3v) is 1.69. The fraction of sp³-hybridized carbons (Fsp3) is 0. The minimum absolute atomic E-state index is 0. The van der Waals surface area contributed by atoms with Gasteiger partial charge in [-0.1, -0.05) is 0 Å². The van der Waals surface area contributed by atoms with Crippen molar-refractivity contribution in [3.63, 3.8) is 0 Å². The Balaban J connectivity index is 0.000000845. The summed E-state index contributed by atoms with van der Waals surface area (Å²) in [5, 5.41) is 0. The third kappa shape index (κ3) is 2.46. The van der Waals surface area contributed by atoms with E-state index in [9.17, 15) is 0 Å². The molecule has 2 aromatic rings. The Kier molecular flexibility index (Phi) is 3.78. The Labute approximate surface area is 91.3 Å². The molecule has 0 fully saturated rings. The fourth-order valence-corrected chi connectivity index (χ4v) is 1.09. The van der Waals surface area contributed by atoms with Crippen LogP contribution in [0.25, 0.3) is 11.1 Å². The first-order valence-electron chi connectivity index (χ1n) is 3.77. The first-order chi connectivity index (χ1) is 5.97. The van der Waals surface area contributed by atoms with Crippen molar-refractivity contribution in [1.82, 2.24) is 9.97 Å². The Morgan fingerprint density at radius 3 is 1.23 bits per heavy atom. The molecule has 2 heterocycles. The molecule has 0 saturated heterocycles. The van der Waals surface area contributed by atoms with Gasteiger partial charge in [0, 0.05) is 45.9 Å². The summed E-state index contributed by atoms with van der Waals surface area (Å²) in [6.07, 6.45) is 7.15. The van der Waals surface area contributed by atoms with Crippen molar-refractivity contribution < 1.29 is 21.1 Å². The molecule has 0 N–H and O–H groups in total. The van der Waals surface area contributed by atoms with Gasteiger partial charge in [0.1, 0.15) is 0 Å². The molecule has 0 atom stereocenters. The van der Waals surface area contributed by atoms with Crippen LogP contribution in [0.15, 0.2) is 49.1 Å². The third-order valence-electron chi connectivity index (χ3n) is 1.69. The van der Waals surface area contributed by atoms with Crippen molar-refractivity contribution >= 4 is 0 Å². The number of rotatable bonds is 1. The second-order valence-corrected chi connectivity index (χ2v) is 2.47. The Morgan fingerprint density at radius 1 is 0.615 bits per heavy atom. The summed E-state index contributed by atoms with van der Waals surface area (Å²) >= 11 is 0. The Hall–Kier alpha value is -1.01. The minimum Gasteiger partial charge on any atom is -0.265 e. The van der Waals surface area contributed by atoms with Gasteiger partial charge >= 0.3 is 0 Å². The second-order valence-electron chi connectivity index (χ2n) is 2.47. The fourth-order valence-electron chi connectivity index (χ4n) is 1.09. The van der Waals surface area contributed by atoms with E-state index in [1.807, 2.05) is 24.3 Å². The summed E-state index contributed by atoms with van der Waals surface area (Å²) in [6.45, 7) is 0. The summed E-state index contributed by atoms with van der Waals surface area (Å²) < 4.78 is 0. The van der Waals surface area contributed by atoms with Gasteiger partial charge in [0.15, 0.2) is 0 Å². The molecule has 0 spiro atoms. The molecule has 0 aliphatic carbocycles. The number of hydrogen-bond donors (Lipinski definition) is 0. The van der Waals surface area contributed by atoms with E-state index >= 15 is 0 Å². The van der Waals surface area contributed by atoms with Gasteiger partial charge in [0.25, 0.3) is 0 Å². The van der Waals surface area contributed by atoms with Gasteiger partial charge in [0.05, 0.1) is 0 Å². The standard InChI is InChI=1S/C10H8N2.Pt/c1-5-11-6-2-9(1)10-3-7-12-8-4-10;/h1-8H;. The quantitative estimate of drug-likeness (QED) is 0.787. The molecule has 68 valence electrons. The summed E-state index contributed by atoms with van der Waals surface area (Å²) in [4.78, 5) is 7.91. The van der Waals surface area contributed by atoms with Crippen LogP contribution in [-0.2, 0) is 21.1 Å². The number of hydrogen-bond acceptors (Lipinski definition) is 2. The Morgan fingerprint density at radius 2 is 0.923 bits per heavy atom. The maximum absolute atomic E-state index is 3.96. The normalized spacial score (nSPS) is 8.92. The molecule has 2 rings (SSSR count). The predicted molar refractivity (Wildman–Crippen MR) is 47.5 cm³/mol. The first kappa shape index (κ1) is 10.1. The molecule has 0 saturated carbocycles. The van der Waals surface area contributed by atoms with Crippen LogP contribution in [0.3, 0.4) is 0 Å². The molecule has 0 radical (unpaired) electrons. The molecule has 2 aromatic heterocycles. The summed E-state index contributed by atoms with van der Waals surface area (Å²) in [5.41, 5.74) is 2.35. The van der Waals surface area contributed by atoms with Crippen LogP contribution in [0, 0.1) is 0 Å². The SMILES string of the molecule is [Pt].c1cc(-c2ccncc2)ccn1. The van der Waals surface area contributed by atoms with Gasteiger partial charge in [-0.25, -0.2) is 0 Å². The van der Waals surface area contributed by atoms with E-state index in [1.54, 1.807) is 24.8 Å². The molecule has 0 aromatic carbocycles. The zero-order valence-electron chi connectivity index (χ0n) is 6.83. The molecule has 0 aliphatic heterocycles. The van der Waals surface area contributed by atoms with Crippen molar-refractivity contribution in [3.8, 4) is 11.1 Å². The van der Waals surface area contributed by atoms with Crippen LogP contribution in [-0.4, -0.2) is 9.97 Å².